The van der Waals surface area contributed by atoms with Crippen LogP contribution in [0.2, 0.25) is 0 Å². The number of ether oxygens (including phenoxy) is 3. The topological polar surface area (TPSA) is 113 Å². The first-order valence-electron chi connectivity index (χ1n) is 8.50. The number of non-ortho nitro benzene ring substituents is 1. The zero-order valence-corrected chi connectivity index (χ0v) is 14.3. The molecule has 0 atom stereocenters. The second-order valence-electron chi connectivity index (χ2n) is 6.39. The van der Waals surface area contributed by atoms with Crippen LogP contribution < -0.4 is 10.1 Å². The Morgan fingerprint density at radius 1 is 1.37 bits per heavy atom. The van der Waals surface area contributed by atoms with E-state index < -0.39 is 10.9 Å². The summed E-state index contributed by atoms with van der Waals surface area (Å²) >= 11 is 0. The number of pyridine rings is 1. The molecule has 0 radical (unpaired) electrons. The van der Waals surface area contributed by atoms with Gasteiger partial charge in [0.2, 0.25) is 0 Å². The van der Waals surface area contributed by atoms with Crippen molar-refractivity contribution in [1.29, 1.82) is 0 Å². The van der Waals surface area contributed by atoms with E-state index in [1.807, 2.05) is 0 Å². The highest BCUT2D eigenvalue weighted by molar-refractivity contribution is 5.89. The van der Waals surface area contributed by atoms with Crippen molar-refractivity contribution >= 4 is 17.5 Å². The molecule has 0 amide bonds. The van der Waals surface area contributed by atoms with Gasteiger partial charge in [-0.05, 0) is 25.0 Å². The maximum atomic E-state index is 12.3. The summed E-state index contributed by atoms with van der Waals surface area (Å²) in [7, 11) is 0. The Bertz CT molecular complexity index is 879. The van der Waals surface area contributed by atoms with Crippen LogP contribution in [-0.4, -0.2) is 28.7 Å². The summed E-state index contributed by atoms with van der Waals surface area (Å²) in [6, 6.07) is 6.57. The largest absolute Gasteiger partial charge is 0.467 e. The summed E-state index contributed by atoms with van der Waals surface area (Å²) in [6.45, 7) is 0.105. The van der Waals surface area contributed by atoms with E-state index in [-0.39, 0.29) is 25.7 Å². The molecule has 140 valence electrons. The van der Waals surface area contributed by atoms with E-state index >= 15 is 0 Å². The Morgan fingerprint density at radius 3 is 2.93 bits per heavy atom. The number of hydrogen-bond acceptors (Lipinski definition) is 8. The summed E-state index contributed by atoms with van der Waals surface area (Å²) in [4.78, 5) is 27.1. The Morgan fingerprint density at radius 2 is 2.22 bits per heavy atom. The minimum atomic E-state index is -0.562. The van der Waals surface area contributed by atoms with Crippen molar-refractivity contribution < 1.29 is 23.9 Å². The molecule has 0 unspecified atom stereocenters. The third-order valence-electron chi connectivity index (χ3n) is 4.27. The van der Waals surface area contributed by atoms with Crippen LogP contribution in [0.5, 0.6) is 5.75 Å². The van der Waals surface area contributed by atoms with Crippen molar-refractivity contribution in [3.8, 4) is 5.75 Å². The van der Waals surface area contributed by atoms with Crippen LogP contribution >= 0.6 is 0 Å². The highest BCUT2D eigenvalue weighted by atomic mass is 16.7. The molecule has 1 fully saturated rings. The van der Waals surface area contributed by atoms with E-state index in [0.29, 0.717) is 28.5 Å². The number of aromatic nitrogens is 1. The zero-order valence-electron chi connectivity index (χ0n) is 14.3. The first-order chi connectivity index (χ1) is 13.1. The third-order valence-corrected chi connectivity index (χ3v) is 4.27. The third kappa shape index (κ3) is 3.98. The normalized spacial score (nSPS) is 15.4. The molecule has 2 heterocycles. The first-order valence-corrected chi connectivity index (χ1v) is 8.50. The number of nitrogens with zero attached hydrogens (tertiary/aromatic N) is 2. The number of fused-ring (bicyclic) bond motifs is 1. The fraction of sp³-hybridized carbons (Fsp3) is 0.333. The molecule has 1 saturated carbocycles. The van der Waals surface area contributed by atoms with Crippen molar-refractivity contribution in [3.63, 3.8) is 0 Å². The van der Waals surface area contributed by atoms with Gasteiger partial charge in [0.15, 0.2) is 6.79 Å². The fourth-order valence-corrected chi connectivity index (χ4v) is 2.76. The van der Waals surface area contributed by atoms with Gasteiger partial charge in [-0.3, -0.25) is 10.1 Å². The molecular formula is C18H17N3O6. The predicted octanol–water partition coefficient (Wildman–Crippen LogP) is 2.79. The molecule has 2 aromatic rings. The van der Waals surface area contributed by atoms with Gasteiger partial charge in [0, 0.05) is 35.5 Å². The van der Waals surface area contributed by atoms with Crippen LogP contribution in [0.4, 0.5) is 11.5 Å². The molecule has 9 heteroatoms. The smallest absolute Gasteiger partial charge is 0.340 e. The molecule has 0 spiro atoms. The van der Waals surface area contributed by atoms with E-state index in [1.165, 1.54) is 18.3 Å². The van der Waals surface area contributed by atoms with E-state index in [1.54, 1.807) is 12.1 Å². The number of carbonyl (C=O) groups is 1. The number of hydrogen-bond donors (Lipinski definition) is 1. The number of esters is 1. The van der Waals surface area contributed by atoms with Crippen molar-refractivity contribution in [2.75, 3.05) is 12.1 Å². The second-order valence-corrected chi connectivity index (χ2v) is 6.39. The Kier molecular flexibility index (Phi) is 4.59. The quantitative estimate of drug-likeness (QED) is 0.468. The maximum Gasteiger partial charge on any atom is 0.340 e. The number of anilines is 1. The molecule has 1 aromatic carbocycles. The van der Waals surface area contributed by atoms with Gasteiger partial charge in [-0.25, -0.2) is 9.78 Å². The lowest BCUT2D eigenvalue weighted by atomic mass is 10.1. The fourth-order valence-electron chi connectivity index (χ4n) is 2.76. The Hall–Kier alpha value is -3.20. The molecule has 0 saturated heterocycles. The van der Waals surface area contributed by atoms with Gasteiger partial charge in [-0.1, -0.05) is 0 Å². The summed E-state index contributed by atoms with van der Waals surface area (Å²) in [5.74, 6) is 0.616. The summed E-state index contributed by atoms with van der Waals surface area (Å²) < 4.78 is 15.9. The zero-order chi connectivity index (χ0) is 18.8. The molecule has 1 aromatic heterocycles. The van der Waals surface area contributed by atoms with Gasteiger partial charge < -0.3 is 19.5 Å². The number of carbonyl (C=O) groups excluding carboxylic acids is 1. The highest BCUT2D eigenvalue weighted by Gasteiger charge is 2.23. The minimum absolute atomic E-state index is 0.0468. The number of nitro groups is 1. The predicted molar refractivity (Wildman–Crippen MR) is 93.4 cm³/mol. The summed E-state index contributed by atoms with van der Waals surface area (Å²) in [6.07, 6.45) is 3.71. The van der Waals surface area contributed by atoms with E-state index in [9.17, 15) is 14.9 Å². The lowest BCUT2D eigenvalue weighted by molar-refractivity contribution is -0.385. The molecule has 1 aliphatic carbocycles. The van der Waals surface area contributed by atoms with Gasteiger partial charge in [0.05, 0.1) is 17.1 Å². The Balaban J connectivity index is 1.46. The van der Waals surface area contributed by atoms with Gasteiger partial charge in [0.1, 0.15) is 18.2 Å². The van der Waals surface area contributed by atoms with Gasteiger partial charge >= 0.3 is 5.97 Å². The molecule has 0 bridgehead atoms. The standard InChI is InChI=1S/C18H17N3O6/c22-18(11-1-4-16(19-7-11)20-14-2-3-14)26-9-13-6-15(21(23)24)5-12-8-25-10-27-17(12)13/h1,4-7,14H,2-3,8-10H2,(H,19,20). The summed E-state index contributed by atoms with van der Waals surface area (Å²) in [5, 5.41) is 14.3. The molecule has 4 rings (SSSR count). The molecule has 1 N–H and O–H groups in total. The van der Waals surface area contributed by atoms with E-state index in [0.717, 1.165) is 18.7 Å². The lowest BCUT2D eigenvalue weighted by Gasteiger charge is -2.20. The van der Waals surface area contributed by atoms with E-state index in [2.05, 4.69) is 10.3 Å². The first kappa shape index (κ1) is 17.2. The second kappa shape index (κ2) is 7.20. The van der Waals surface area contributed by atoms with Crippen LogP contribution in [-0.2, 0) is 22.7 Å². The monoisotopic (exact) mass is 371 g/mol. The van der Waals surface area contributed by atoms with Crippen molar-refractivity contribution in [3.05, 3.63) is 57.3 Å². The minimum Gasteiger partial charge on any atom is -0.467 e. The number of nitrogens with one attached hydrogen (secondary N) is 1. The Labute approximate surface area is 154 Å². The van der Waals surface area contributed by atoms with E-state index in [4.69, 9.17) is 14.2 Å². The molecule has 2 aliphatic rings. The van der Waals surface area contributed by atoms with Gasteiger partial charge in [-0.2, -0.15) is 0 Å². The number of nitro benzene ring substituents is 1. The van der Waals surface area contributed by atoms with Crippen LogP contribution in [0, 0.1) is 10.1 Å². The molecule has 9 nitrogen and oxygen atoms in total. The molecule has 1 aliphatic heterocycles. The lowest BCUT2D eigenvalue weighted by Crippen LogP contribution is -2.15. The highest BCUT2D eigenvalue weighted by Crippen LogP contribution is 2.33. The molecular weight excluding hydrogens is 354 g/mol. The number of benzene rings is 1. The van der Waals surface area contributed by atoms with Crippen LogP contribution in [0.25, 0.3) is 0 Å². The number of rotatable bonds is 6. The summed E-state index contributed by atoms with van der Waals surface area (Å²) in [5.41, 5.74) is 1.18. The van der Waals surface area contributed by atoms with Crippen molar-refractivity contribution in [1.82, 2.24) is 4.98 Å². The van der Waals surface area contributed by atoms with Crippen LogP contribution in [0.3, 0.4) is 0 Å². The van der Waals surface area contributed by atoms with Gasteiger partial charge in [0.25, 0.3) is 5.69 Å². The van der Waals surface area contributed by atoms with Crippen molar-refractivity contribution in [2.24, 2.45) is 0 Å². The van der Waals surface area contributed by atoms with Gasteiger partial charge in [-0.15, -0.1) is 0 Å². The molecule has 27 heavy (non-hydrogen) atoms. The average molecular weight is 371 g/mol. The van der Waals surface area contributed by atoms with Crippen LogP contribution in [0.1, 0.15) is 34.3 Å². The van der Waals surface area contributed by atoms with Crippen molar-refractivity contribution in [2.45, 2.75) is 32.1 Å². The van der Waals surface area contributed by atoms with Crippen LogP contribution in [0.15, 0.2) is 30.5 Å². The average Bonchev–Trinajstić information content (AvgIpc) is 3.50. The SMILES string of the molecule is O=C(OCc1cc([N+](=O)[O-])cc2c1OCOC2)c1ccc(NC2CC2)nc1. The maximum absolute atomic E-state index is 12.3.